The maximum absolute atomic E-state index is 11.8. The number of fused-ring (bicyclic) bond motifs is 1. The molecule has 2 aromatic carbocycles. The molecule has 2 N–H and O–H groups in total. The average Bonchev–Trinajstić information content (AvgIpc) is 2.71. The number of nitrogens with zero attached hydrogens (tertiary/aromatic N) is 2. The number of hydrogen-bond donors (Lipinski definition) is 2. The second-order valence-corrected chi connectivity index (χ2v) is 8.35. The van der Waals surface area contributed by atoms with Crippen LogP contribution in [0.5, 0.6) is 0 Å². The number of halogens is 1. The monoisotopic (exact) mass is 514 g/mol. The van der Waals surface area contributed by atoms with Crippen LogP contribution in [0, 0.1) is 0 Å². The summed E-state index contributed by atoms with van der Waals surface area (Å²) < 4.78 is 26.0. The standard InChI is InChI=1S/C20H26N4O2S.HI/c1-3-22-20(24-13-12-17-6-4-5-7-18(17)15-24)23-14-16-8-10-19(11-9-16)27(25,26)21-2;/h4-11,21H,3,12-15H2,1-2H3,(H,22,23);1H. The van der Waals surface area contributed by atoms with Crippen molar-refractivity contribution in [3.8, 4) is 0 Å². The van der Waals surface area contributed by atoms with Crippen LogP contribution in [0.4, 0.5) is 0 Å². The molecule has 6 nitrogen and oxygen atoms in total. The van der Waals surface area contributed by atoms with Crippen molar-refractivity contribution in [3.63, 3.8) is 0 Å². The SMILES string of the molecule is CCNC(=NCc1ccc(S(=O)(=O)NC)cc1)N1CCc2ccccc2C1.I. The zero-order chi connectivity index (χ0) is 19.3. The topological polar surface area (TPSA) is 73.8 Å². The van der Waals surface area contributed by atoms with Crippen LogP contribution in [0.15, 0.2) is 58.4 Å². The van der Waals surface area contributed by atoms with E-state index in [4.69, 9.17) is 4.99 Å². The summed E-state index contributed by atoms with van der Waals surface area (Å²) in [6, 6.07) is 15.4. The fourth-order valence-corrected chi connectivity index (χ4v) is 3.89. The molecule has 0 aromatic heterocycles. The highest BCUT2D eigenvalue weighted by atomic mass is 127. The van der Waals surface area contributed by atoms with Gasteiger partial charge in [0.2, 0.25) is 10.0 Å². The van der Waals surface area contributed by atoms with Crippen LogP contribution in [0.2, 0.25) is 0 Å². The molecule has 0 spiro atoms. The summed E-state index contributed by atoms with van der Waals surface area (Å²) in [4.78, 5) is 7.29. The molecule has 2 aromatic rings. The van der Waals surface area contributed by atoms with E-state index >= 15 is 0 Å². The molecule has 1 aliphatic heterocycles. The Bertz CT molecular complexity index is 914. The molecular formula is C20H27IN4O2S. The summed E-state index contributed by atoms with van der Waals surface area (Å²) in [5.74, 6) is 0.888. The fourth-order valence-electron chi connectivity index (χ4n) is 3.16. The van der Waals surface area contributed by atoms with E-state index in [1.54, 1.807) is 12.1 Å². The van der Waals surface area contributed by atoms with Crippen molar-refractivity contribution < 1.29 is 8.42 Å². The average molecular weight is 514 g/mol. The van der Waals surface area contributed by atoms with Gasteiger partial charge < -0.3 is 10.2 Å². The third-order valence-corrected chi connectivity index (χ3v) is 6.11. The van der Waals surface area contributed by atoms with Crippen LogP contribution in [-0.4, -0.2) is 39.4 Å². The maximum atomic E-state index is 11.8. The van der Waals surface area contributed by atoms with Gasteiger partial charge in [0.05, 0.1) is 11.4 Å². The molecule has 0 saturated carbocycles. The van der Waals surface area contributed by atoms with Gasteiger partial charge in [0.15, 0.2) is 5.96 Å². The first-order valence-electron chi connectivity index (χ1n) is 9.16. The Morgan fingerprint density at radius 1 is 1.11 bits per heavy atom. The zero-order valence-corrected chi connectivity index (χ0v) is 19.3. The van der Waals surface area contributed by atoms with E-state index in [1.807, 2.05) is 12.1 Å². The van der Waals surface area contributed by atoms with Gasteiger partial charge in [0.25, 0.3) is 0 Å². The van der Waals surface area contributed by atoms with E-state index in [0.29, 0.717) is 6.54 Å². The molecule has 0 amide bonds. The van der Waals surface area contributed by atoms with Crippen LogP contribution in [0.3, 0.4) is 0 Å². The summed E-state index contributed by atoms with van der Waals surface area (Å²) in [6.45, 7) is 5.14. The van der Waals surface area contributed by atoms with Crippen molar-refractivity contribution in [1.82, 2.24) is 14.9 Å². The summed E-state index contributed by atoms with van der Waals surface area (Å²) in [7, 11) is -2.00. The smallest absolute Gasteiger partial charge is 0.240 e. The molecule has 0 aliphatic carbocycles. The second-order valence-electron chi connectivity index (χ2n) is 6.46. The van der Waals surface area contributed by atoms with E-state index < -0.39 is 10.0 Å². The van der Waals surface area contributed by atoms with Gasteiger partial charge in [-0.05, 0) is 49.2 Å². The summed E-state index contributed by atoms with van der Waals surface area (Å²) in [5.41, 5.74) is 3.72. The Kier molecular flexibility index (Phi) is 8.26. The van der Waals surface area contributed by atoms with Gasteiger partial charge in [-0.1, -0.05) is 36.4 Å². The minimum Gasteiger partial charge on any atom is -0.356 e. The van der Waals surface area contributed by atoms with E-state index in [2.05, 4.69) is 46.1 Å². The van der Waals surface area contributed by atoms with Gasteiger partial charge in [0.1, 0.15) is 0 Å². The summed E-state index contributed by atoms with van der Waals surface area (Å²) in [6.07, 6.45) is 1.01. The molecule has 1 heterocycles. The first kappa shape index (κ1) is 22.6. The molecular weight excluding hydrogens is 487 g/mol. The van der Waals surface area contributed by atoms with Crippen LogP contribution in [0.1, 0.15) is 23.6 Å². The number of aliphatic imine (C=N–C) groups is 1. The van der Waals surface area contributed by atoms with E-state index in [1.165, 1.54) is 18.2 Å². The Labute approximate surface area is 184 Å². The molecule has 0 bridgehead atoms. The fraction of sp³-hybridized carbons (Fsp3) is 0.350. The second kappa shape index (κ2) is 10.2. The molecule has 0 atom stereocenters. The van der Waals surface area contributed by atoms with Gasteiger partial charge in [-0.3, -0.25) is 0 Å². The third kappa shape index (κ3) is 5.45. The molecule has 0 radical (unpaired) electrons. The highest BCUT2D eigenvalue weighted by Gasteiger charge is 2.18. The van der Waals surface area contributed by atoms with Gasteiger partial charge in [-0.25, -0.2) is 18.1 Å². The molecule has 8 heteroatoms. The number of hydrogen-bond acceptors (Lipinski definition) is 3. The largest absolute Gasteiger partial charge is 0.356 e. The minimum absolute atomic E-state index is 0. The van der Waals surface area contributed by atoms with Crippen molar-refractivity contribution in [1.29, 1.82) is 0 Å². The molecule has 3 rings (SSSR count). The predicted octanol–water partition coefficient (Wildman–Crippen LogP) is 2.74. The Morgan fingerprint density at radius 3 is 2.43 bits per heavy atom. The van der Waals surface area contributed by atoms with E-state index in [-0.39, 0.29) is 28.9 Å². The Balaban J connectivity index is 0.00000280. The highest BCUT2D eigenvalue weighted by molar-refractivity contribution is 14.0. The lowest BCUT2D eigenvalue weighted by molar-refractivity contribution is 0.378. The van der Waals surface area contributed by atoms with Gasteiger partial charge in [-0.2, -0.15) is 0 Å². The predicted molar refractivity (Wildman–Crippen MR) is 123 cm³/mol. The van der Waals surface area contributed by atoms with Crippen molar-refractivity contribution >= 4 is 40.0 Å². The summed E-state index contributed by atoms with van der Waals surface area (Å²) >= 11 is 0. The number of rotatable bonds is 5. The highest BCUT2D eigenvalue weighted by Crippen LogP contribution is 2.19. The molecule has 0 fully saturated rings. The van der Waals surface area contributed by atoms with E-state index in [9.17, 15) is 8.42 Å². The molecule has 0 unspecified atom stereocenters. The lowest BCUT2D eigenvalue weighted by Gasteiger charge is -2.31. The van der Waals surface area contributed by atoms with Crippen LogP contribution >= 0.6 is 24.0 Å². The minimum atomic E-state index is -3.41. The normalized spacial score (nSPS) is 14.2. The zero-order valence-electron chi connectivity index (χ0n) is 16.2. The third-order valence-electron chi connectivity index (χ3n) is 4.68. The first-order valence-corrected chi connectivity index (χ1v) is 10.6. The molecule has 152 valence electrons. The summed E-state index contributed by atoms with van der Waals surface area (Å²) in [5, 5.41) is 3.37. The molecule has 0 saturated heterocycles. The van der Waals surface area contributed by atoms with Crippen molar-refractivity contribution in [3.05, 3.63) is 65.2 Å². The van der Waals surface area contributed by atoms with Crippen LogP contribution in [-0.2, 0) is 29.5 Å². The number of sulfonamides is 1. The first-order chi connectivity index (χ1) is 13.0. The van der Waals surface area contributed by atoms with Gasteiger partial charge >= 0.3 is 0 Å². The number of nitrogens with one attached hydrogen (secondary N) is 2. The van der Waals surface area contributed by atoms with Gasteiger partial charge in [-0.15, -0.1) is 24.0 Å². The Hall–Kier alpha value is -1.65. The van der Waals surface area contributed by atoms with Gasteiger partial charge in [0, 0.05) is 19.6 Å². The van der Waals surface area contributed by atoms with Crippen molar-refractivity contribution in [2.45, 2.75) is 31.3 Å². The molecule has 28 heavy (non-hydrogen) atoms. The van der Waals surface area contributed by atoms with E-state index in [0.717, 1.165) is 37.6 Å². The number of benzene rings is 2. The maximum Gasteiger partial charge on any atom is 0.240 e. The van der Waals surface area contributed by atoms with Crippen molar-refractivity contribution in [2.24, 2.45) is 4.99 Å². The Morgan fingerprint density at radius 2 is 1.79 bits per heavy atom. The lowest BCUT2D eigenvalue weighted by Crippen LogP contribution is -2.44. The molecule has 1 aliphatic rings. The number of guanidine groups is 1. The van der Waals surface area contributed by atoms with Crippen LogP contribution in [0.25, 0.3) is 0 Å². The van der Waals surface area contributed by atoms with Crippen LogP contribution < -0.4 is 10.0 Å². The van der Waals surface area contributed by atoms with Crippen molar-refractivity contribution in [2.75, 3.05) is 20.1 Å². The quantitative estimate of drug-likeness (QED) is 0.366. The lowest BCUT2D eigenvalue weighted by atomic mass is 10.0.